The van der Waals surface area contributed by atoms with E-state index in [2.05, 4.69) is 5.32 Å². The van der Waals surface area contributed by atoms with E-state index >= 15 is 0 Å². The molecule has 0 heterocycles. The molecule has 1 aromatic carbocycles. The molecule has 1 atom stereocenters. The van der Waals surface area contributed by atoms with Gasteiger partial charge in [0.05, 0.1) is 7.11 Å². The highest BCUT2D eigenvalue weighted by Gasteiger charge is 2.40. The van der Waals surface area contributed by atoms with E-state index in [1.54, 1.807) is 19.1 Å². The van der Waals surface area contributed by atoms with Crippen molar-refractivity contribution in [1.29, 1.82) is 0 Å². The van der Waals surface area contributed by atoms with Crippen LogP contribution in [0.15, 0.2) is 18.2 Å². The summed E-state index contributed by atoms with van der Waals surface area (Å²) in [4.78, 5) is 0. The molecular weight excluding hydrogens is 243 g/mol. The normalized spacial score (nSPS) is 13.4. The van der Waals surface area contributed by atoms with Crippen molar-refractivity contribution in [3.8, 4) is 5.75 Å². The minimum Gasteiger partial charge on any atom is -0.497 e. The largest absolute Gasteiger partial charge is 0.497 e. The lowest BCUT2D eigenvalue weighted by molar-refractivity contribution is -0.157. The molecule has 0 saturated heterocycles. The molecule has 0 aromatic heterocycles. The zero-order valence-electron chi connectivity index (χ0n) is 10.8. The lowest BCUT2D eigenvalue weighted by Gasteiger charge is -2.23. The summed E-state index contributed by atoms with van der Waals surface area (Å²) in [5.74, 6) is 0.563. The third-order valence-corrected chi connectivity index (χ3v) is 2.71. The molecule has 2 nitrogen and oxygen atoms in total. The minimum atomic E-state index is -4.30. The summed E-state index contributed by atoms with van der Waals surface area (Å²) in [6.07, 6.45) is -3.64. The Hall–Kier alpha value is -1.23. The number of hydrogen-bond acceptors (Lipinski definition) is 2. The molecule has 0 aliphatic heterocycles. The molecule has 0 amide bonds. The van der Waals surface area contributed by atoms with Crippen LogP contribution in [-0.4, -0.2) is 19.8 Å². The van der Waals surface area contributed by atoms with Gasteiger partial charge in [0.15, 0.2) is 0 Å². The third kappa shape index (κ3) is 3.63. The Labute approximate surface area is 105 Å². The van der Waals surface area contributed by atoms with Crippen molar-refractivity contribution >= 4 is 0 Å². The molecule has 0 aliphatic carbocycles. The van der Waals surface area contributed by atoms with Crippen molar-refractivity contribution in [1.82, 2.24) is 5.32 Å². The van der Waals surface area contributed by atoms with Crippen molar-refractivity contribution in [2.24, 2.45) is 0 Å². The Balaban J connectivity index is 3.05. The summed E-state index contributed by atoms with van der Waals surface area (Å²) < 4.78 is 44.0. The molecule has 0 radical (unpaired) electrons. The first-order valence-electron chi connectivity index (χ1n) is 5.84. The monoisotopic (exact) mass is 261 g/mol. The second kappa shape index (κ2) is 6.09. The highest BCUT2D eigenvalue weighted by molar-refractivity contribution is 5.37. The van der Waals surface area contributed by atoms with Crippen LogP contribution in [-0.2, 0) is 0 Å². The number of halogens is 3. The zero-order valence-corrected chi connectivity index (χ0v) is 10.8. The lowest BCUT2D eigenvalue weighted by atomic mass is 10.0. The molecule has 1 rings (SSSR count). The second-order valence-corrected chi connectivity index (χ2v) is 4.15. The molecule has 1 unspecified atom stereocenters. The first-order chi connectivity index (χ1) is 8.40. The third-order valence-electron chi connectivity index (χ3n) is 2.71. The number of benzene rings is 1. The van der Waals surface area contributed by atoms with Gasteiger partial charge in [-0.3, -0.25) is 0 Å². The van der Waals surface area contributed by atoms with Gasteiger partial charge in [-0.1, -0.05) is 13.0 Å². The average Bonchev–Trinajstić information content (AvgIpc) is 2.29. The molecule has 102 valence electrons. The van der Waals surface area contributed by atoms with Gasteiger partial charge in [-0.25, -0.2) is 0 Å². The Kier molecular flexibility index (Phi) is 5.02. The van der Waals surface area contributed by atoms with E-state index in [-0.39, 0.29) is 5.56 Å². The Morgan fingerprint density at radius 2 is 2.00 bits per heavy atom. The van der Waals surface area contributed by atoms with Gasteiger partial charge in [0.25, 0.3) is 0 Å². The SMILES string of the molecule is CCCNC(c1ccc(OC)cc1C)C(F)(F)F. The average molecular weight is 261 g/mol. The van der Waals surface area contributed by atoms with E-state index in [4.69, 9.17) is 4.74 Å². The van der Waals surface area contributed by atoms with Gasteiger partial charge in [0, 0.05) is 0 Å². The number of methoxy groups -OCH3 is 1. The summed E-state index contributed by atoms with van der Waals surface area (Å²) in [6.45, 7) is 3.82. The number of alkyl halides is 3. The van der Waals surface area contributed by atoms with Crippen molar-refractivity contribution in [2.45, 2.75) is 32.5 Å². The van der Waals surface area contributed by atoms with Crippen molar-refractivity contribution in [3.05, 3.63) is 29.3 Å². The maximum absolute atomic E-state index is 13.0. The minimum absolute atomic E-state index is 0.247. The van der Waals surface area contributed by atoms with Crippen molar-refractivity contribution < 1.29 is 17.9 Å². The number of ether oxygens (including phenoxy) is 1. The Morgan fingerprint density at radius 3 is 2.44 bits per heavy atom. The zero-order chi connectivity index (χ0) is 13.8. The van der Waals surface area contributed by atoms with E-state index in [9.17, 15) is 13.2 Å². The van der Waals surface area contributed by atoms with Crippen LogP contribution in [0.2, 0.25) is 0 Å². The smallest absolute Gasteiger partial charge is 0.407 e. The van der Waals surface area contributed by atoms with Crippen LogP contribution in [0.1, 0.15) is 30.5 Å². The van der Waals surface area contributed by atoms with E-state index < -0.39 is 12.2 Å². The molecule has 0 bridgehead atoms. The summed E-state index contributed by atoms with van der Waals surface area (Å²) in [6, 6.07) is 3.01. The molecule has 0 spiro atoms. The molecule has 18 heavy (non-hydrogen) atoms. The number of nitrogens with one attached hydrogen (secondary N) is 1. The van der Waals surface area contributed by atoms with Crippen molar-refractivity contribution in [3.63, 3.8) is 0 Å². The lowest BCUT2D eigenvalue weighted by Crippen LogP contribution is -2.35. The van der Waals surface area contributed by atoms with Gasteiger partial charge >= 0.3 is 6.18 Å². The van der Waals surface area contributed by atoms with Gasteiger partial charge in [-0.2, -0.15) is 13.2 Å². The van der Waals surface area contributed by atoms with Crippen LogP contribution in [0.25, 0.3) is 0 Å². The number of aryl methyl sites for hydroxylation is 1. The maximum atomic E-state index is 13.0. The van der Waals surface area contributed by atoms with Gasteiger partial charge < -0.3 is 10.1 Å². The predicted molar refractivity (Wildman–Crippen MR) is 64.8 cm³/mol. The van der Waals surface area contributed by atoms with Crippen molar-refractivity contribution in [2.75, 3.05) is 13.7 Å². The molecule has 0 saturated carbocycles. The van der Waals surface area contributed by atoms with Crippen LogP contribution in [0.5, 0.6) is 5.75 Å². The summed E-state index contributed by atoms with van der Waals surface area (Å²) in [5, 5.41) is 2.54. The first kappa shape index (κ1) is 14.8. The fourth-order valence-corrected chi connectivity index (χ4v) is 1.79. The van der Waals surface area contributed by atoms with Gasteiger partial charge in [0.2, 0.25) is 0 Å². The standard InChI is InChI=1S/C13H18F3NO/c1-4-7-17-12(13(14,15)16)11-6-5-10(18-3)8-9(11)2/h5-6,8,12,17H,4,7H2,1-3H3. The number of rotatable bonds is 5. The highest BCUT2D eigenvalue weighted by atomic mass is 19.4. The van der Waals surface area contributed by atoms with Crippen LogP contribution in [0.4, 0.5) is 13.2 Å². The van der Waals surface area contributed by atoms with Gasteiger partial charge in [0.1, 0.15) is 11.8 Å². The number of hydrogen-bond donors (Lipinski definition) is 1. The molecule has 1 aromatic rings. The van der Waals surface area contributed by atoms with Gasteiger partial charge in [-0.15, -0.1) is 0 Å². The van der Waals surface area contributed by atoms with Crippen LogP contribution < -0.4 is 10.1 Å². The van der Waals surface area contributed by atoms with Gasteiger partial charge in [-0.05, 0) is 43.1 Å². The van der Waals surface area contributed by atoms with E-state index in [0.717, 1.165) is 0 Å². The van der Waals surface area contributed by atoms with Crippen LogP contribution in [0, 0.1) is 6.92 Å². The highest BCUT2D eigenvalue weighted by Crippen LogP contribution is 2.35. The summed E-state index contributed by atoms with van der Waals surface area (Å²) >= 11 is 0. The predicted octanol–water partition coefficient (Wildman–Crippen LogP) is 3.61. The van der Waals surface area contributed by atoms with Crippen LogP contribution >= 0.6 is 0 Å². The fraction of sp³-hybridized carbons (Fsp3) is 0.538. The first-order valence-corrected chi connectivity index (χ1v) is 5.84. The van der Waals surface area contributed by atoms with E-state index in [1.165, 1.54) is 13.2 Å². The van der Waals surface area contributed by atoms with E-state index in [1.807, 2.05) is 6.92 Å². The molecular formula is C13H18F3NO. The summed E-state index contributed by atoms with van der Waals surface area (Å²) in [5.41, 5.74) is 0.817. The topological polar surface area (TPSA) is 21.3 Å². The Morgan fingerprint density at radius 1 is 1.33 bits per heavy atom. The quantitative estimate of drug-likeness (QED) is 0.874. The Bertz CT molecular complexity index is 390. The van der Waals surface area contributed by atoms with E-state index in [0.29, 0.717) is 24.3 Å². The second-order valence-electron chi connectivity index (χ2n) is 4.15. The molecule has 1 N–H and O–H groups in total. The van der Waals surface area contributed by atoms with Crippen LogP contribution in [0.3, 0.4) is 0 Å². The summed E-state index contributed by atoms with van der Waals surface area (Å²) in [7, 11) is 1.49. The molecule has 0 fully saturated rings. The molecule has 0 aliphatic rings. The fourth-order valence-electron chi connectivity index (χ4n) is 1.79. The molecule has 5 heteroatoms. The maximum Gasteiger partial charge on any atom is 0.407 e.